The van der Waals surface area contributed by atoms with E-state index in [0.717, 1.165) is 12.1 Å². The van der Waals surface area contributed by atoms with Gasteiger partial charge in [-0.05, 0) is 23.7 Å². The van der Waals surface area contributed by atoms with Gasteiger partial charge < -0.3 is 0 Å². The van der Waals surface area contributed by atoms with Gasteiger partial charge in [0.1, 0.15) is 11.6 Å². The minimum Gasteiger partial charge on any atom is -0.298 e. The van der Waals surface area contributed by atoms with E-state index in [4.69, 9.17) is 23.2 Å². The van der Waals surface area contributed by atoms with Crippen molar-refractivity contribution in [3.05, 3.63) is 45.8 Å². The third-order valence-electron chi connectivity index (χ3n) is 2.21. The van der Waals surface area contributed by atoms with Crippen molar-refractivity contribution in [2.45, 2.75) is 0 Å². The normalized spacial score (nSPS) is 10.4. The third kappa shape index (κ3) is 2.19. The number of benzene rings is 1. The number of rotatable bonds is 2. The van der Waals surface area contributed by atoms with Crippen LogP contribution >= 0.6 is 23.2 Å². The van der Waals surface area contributed by atoms with Gasteiger partial charge in [0.05, 0.1) is 22.5 Å². The summed E-state index contributed by atoms with van der Waals surface area (Å²) in [6, 6.07) is 2.08. The second kappa shape index (κ2) is 4.96. The summed E-state index contributed by atoms with van der Waals surface area (Å²) in [6.45, 7) is 0. The number of carbonyl (C=O) groups is 1. The van der Waals surface area contributed by atoms with Crippen LogP contribution in [0.25, 0.3) is 11.3 Å². The Morgan fingerprint density at radius 1 is 1.22 bits per heavy atom. The maximum absolute atomic E-state index is 13.9. The fourth-order valence-corrected chi connectivity index (χ4v) is 1.72. The molecule has 0 unspecified atom stereocenters. The van der Waals surface area contributed by atoms with E-state index in [2.05, 4.69) is 9.97 Å². The van der Waals surface area contributed by atoms with Gasteiger partial charge in [-0.15, -0.1) is 0 Å². The Bertz CT molecular complexity index is 635. The van der Waals surface area contributed by atoms with Crippen molar-refractivity contribution in [1.29, 1.82) is 0 Å². The summed E-state index contributed by atoms with van der Waals surface area (Å²) in [5.74, 6) is -2.00. The van der Waals surface area contributed by atoms with Crippen LogP contribution in [0.5, 0.6) is 0 Å². The van der Waals surface area contributed by atoms with E-state index in [-0.39, 0.29) is 27.8 Å². The first-order valence-electron chi connectivity index (χ1n) is 4.66. The molecule has 0 atom stereocenters. The van der Waals surface area contributed by atoms with E-state index in [1.807, 2.05) is 0 Å². The molecule has 0 saturated carbocycles. The molecule has 0 radical (unpaired) electrons. The first-order chi connectivity index (χ1) is 8.54. The summed E-state index contributed by atoms with van der Waals surface area (Å²) in [5.41, 5.74) is -0.802. The molecule has 0 spiro atoms. The second-order valence-electron chi connectivity index (χ2n) is 3.28. The van der Waals surface area contributed by atoms with Gasteiger partial charge in [0.2, 0.25) is 5.28 Å². The van der Waals surface area contributed by atoms with Gasteiger partial charge in [-0.25, -0.2) is 18.7 Å². The van der Waals surface area contributed by atoms with E-state index in [1.54, 1.807) is 0 Å². The molecule has 2 aromatic rings. The van der Waals surface area contributed by atoms with Gasteiger partial charge in [0.15, 0.2) is 6.29 Å². The lowest BCUT2D eigenvalue weighted by Crippen LogP contribution is -1.99. The molecule has 18 heavy (non-hydrogen) atoms. The zero-order chi connectivity index (χ0) is 13.3. The van der Waals surface area contributed by atoms with Crippen LogP contribution in [0.4, 0.5) is 8.78 Å². The summed E-state index contributed by atoms with van der Waals surface area (Å²) in [4.78, 5) is 18.0. The highest BCUT2D eigenvalue weighted by molar-refractivity contribution is 6.33. The van der Waals surface area contributed by atoms with Crippen molar-refractivity contribution in [1.82, 2.24) is 9.97 Å². The fourth-order valence-electron chi connectivity index (χ4n) is 1.39. The number of hydrogen-bond acceptors (Lipinski definition) is 3. The third-order valence-corrected chi connectivity index (χ3v) is 2.67. The van der Waals surface area contributed by atoms with Crippen LogP contribution < -0.4 is 0 Å². The van der Waals surface area contributed by atoms with E-state index < -0.39 is 17.2 Å². The van der Waals surface area contributed by atoms with Crippen molar-refractivity contribution < 1.29 is 13.6 Å². The van der Waals surface area contributed by atoms with Crippen LogP contribution in [0.1, 0.15) is 10.4 Å². The van der Waals surface area contributed by atoms with Gasteiger partial charge in [-0.2, -0.15) is 0 Å². The van der Waals surface area contributed by atoms with Crippen molar-refractivity contribution in [3.8, 4) is 11.3 Å². The Morgan fingerprint density at radius 2 is 1.94 bits per heavy atom. The molecule has 0 aliphatic rings. The average Bonchev–Trinajstić information content (AvgIpc) is 2.34. The minimum absolute atomic E-state index is 0.00253. The highest BCUT2D eigenvalue weighted by atomic mass is 35.5. The molecule has 0 aliphatic carbocycles. The van der Waals surface area contributed by atoms with Crippen molar-refractivity contribution >= 4 is 29.5 Å². The van der Waals surface area contributed by atoms with Crippen LogP contribution in [0.15, 0.2) is 18.3 Å². The molecule has 1 aromatic heterocycles. The molecule has 2 rings (SSSR count). The molecule has 0 saturated heterocycles. The van der Waals surface area contributed by atoms with Crippen molar-refractivity contribution in [3.63, 3.8) is 0 Å². The lowest BCUT2D eigenvalue weighted by Gasteiger charge is -2.07. The van der Waals surface area contributed by atoms with Gasteiger partial charge in [-0.3, -0.25) is 4.79 Å². The summed E-state index contributed by atoms with van der Waals surface area (Å²) in [5, 5.41) is -0.0902. The summed E-state index contributed by atoms with van der Waals surface area (Å²) in [6.07, 6.45) is 1.28. The van der Waals surface area contributed by atoms with Crippen molar-refractivity contribution in [2.24, 2.45) is 0 Å². The highest BCUT2D eigenvalue weighted by Crippen LogP contribution is 2.30. The van der Waals surface area contributed by atoms with Gasteiger partial charge in [0.25, 0.3) is 0 Å². The van der Waals surface area contributed by atoms with E-state index in [0.29, 0.717) is 0 Å². The Balaban J connectivity index is 2.72. The Hall–Kier alpha value is -1.59. The van der Waals surface area contributed by atoms with Crippen LogP contribution in [-0.2, 0) is 0 Å². The SMILES string of the molecule is O=Cc1c(F)ccc(-c2nc(Cl)ncc2Cl)c1F. The van der Waals surface area contributed by atoms with Crippen molar-refractivity contribution in [2.75, 3.05) is 0 Å². The number of carbonyl (C=O) groups excluding carboxylic acids is 1. The largest absolute Gasteiger partial charge is 0.298 e. The quantitative estimate of drug-likeness (QED) is 0.627. The summed E-state index contributed by atoms with van der Waals surface area (Å²) in [7, 11) is 0. The number of aldehydes is 1. The first kappa shape index (κ1) is 12.9. The molecular weight excluding hydrogens is 285 g/mol. The van der Waals surface area contributed by atoms with Gasteiger partial charge >= 0.3 is 0 Å². The van der Waals surface area contributed by atoms with E-state index in [9.17, 15) is 13.6 Å². The van der Waals surface area contributed by atoms with E-state index in [1.165, 1.54) is 6.20 Å². The molecule has 0 fully saturated rings. The number of hydrogen-bond donors (Lipinski definition) is 0. The first-order valence-corrected chi connectivity index (χ1v) is 5.41. The predicted molar refractivity (Wildman–Crippen MR) is 62.8 cm³/mol. The minimum atomic E-state index is -1.04. The highest BCUT2D eigenvalue weighted by Gasteiger charge is 2.17. The number of nitrogens with zero attached hydrogens (tertiary/aromatic N) is 2. The zero-order valence-corrected chi connectivity index (χ0v) is 10.1. The molecule has 3 nitrogen and oxygen atoms in total. The summed E-state index contributed by atoms with van der Waals surface area (Å²) >= 11 is 11.4. The molecule has 0 N–H and O–H groups in total. The molecule has 1 heterocycles. The molecule has 1 aromatic carbocycles. The predicted octanol–water partition coefficient (Wildman–Crippen LogP) is 3.54. The Labute approximate surface area is 110 Å². The number of aromatic nitrogens is 2. The molecular formula is C11H4Cl2F2N2O. The molecule has 0 aliphatic heterocycles. The lowest BCUT2D eigenvalue weighted by molar-refractivity contribution is 0.111. The molecule has 7 heteroatoms. The zero-order valence-electron chi connectivity index (χ0n) is 8.62. The average molecular weight is 289 g/mol. The van der Waals surface area contributed by atoms with Gasteiger partial charge in [-0.1, -0.05) is 11.6 Å². The monoisotopic (exact) mass is 288 g/mol. The topological polar surface area (TPSA) is 42.9 Å². The van der Waals surface area contributed by atoms with Crippen LogP contribution in [0.2, 0.25) is 10.3 Å². The standard InChI is InChI=1S/C11H4Cl2F2N2O/c12-7-3-16-11(13)17-10(7)5-1-2-8(14)6(4-18)9(5)15/h1-4H. The maximum atomic E-state index is 13.9. The molecule has 0 bridgehead atoms. The van der Waals surface area contributed by atoms with E-state index >= 15 is 0 Å². The smallest absolute Gasteiger partial charge is 0.222 e. The molecule has 0 amide bonds. The number of halogens is 4. The Morgan fingerprint density at radius 3 is 2.61 bits per heavy atom. The molecule has 92 valence electrons. The second-order valence-corrected chi connectivity index (χ2v) is 4.02. The Kier molecular flexibility index (Phi) is 3.54. The lowest BCUT2D eigenvalue weighted by atomic mass is 10.1. The van der Waals surface area contributed by atoms with Crippen LogP contribution in [0, 0.1) is 11.6 Å². The van der Waals surface area contributed by atoms with Gasteiger partial charge in [0, 0.05) is 5.56 Å². The van der Waals surface area contributed by atoms with Crippen LogP contribution in [-0.4, -0.2) is 16.3 Å². The maximum Gasteiger partial charge on any atom is 0.222 e. The fraction of sp³-hybridized carbons (Fsp3) is 0. The summed E-state index contributed by atoms with van der Waals surface area (Å²) < 4.78 is 27.1. The van der Waals surface area contributed by atoms with Crippen LogP contribution in [0.3, 0.4) is 0 Å².